The summed E-state index contributed by atoms with van der Waals surface area (Å²) < 4.78 is 2.22. The molecule has 0 saturated carbocycles. The molecule has 3 heterocycles. The highest BCUT2D eigenvalue weighted by Crippen LogP contribution is 2.34. The molecule has 3 aromatic heterocycles. The summed E-state index contributed by atoms with van der Waals surface area (Å²) in [7, 11) is 4.08. The second-order valence-electron chi connectivity index (χ2n) is 6.80. The van der Waals surface area contributed by atoms with Gasteiger partial charge in [-0.1, -0.05) is 17.7 Å². The van der Waals surface area contributed by atoms with Crippen molar-refractivity contribution >= 4 is 37.5 Å². The van der Waals surface area contributed by atoms with E-state index in [0.717, 1.165) is 40.2 Å². The van der Waals surface area contributed by atoms with Crippen molar-refractivity contribution in [3.63, 3.8) is 0 Å². The molecule has 0 unspecified atom stereocenters. The number of fused-ring (bicyclic) bond motifs is 3. The Morgan fingerprint density at radius 2 is 1.93 bits per heavy atom. The Kier molecular flexibility index (Phi) is 4.63. The van der Waals surface area contributed by atoms with Gasteiger partial charge in [0.05, 0.1) is 16.6 Å². The van der Waals surface area contributed by atoms with Crippen molar-refractivity contribution in [2.45, 2.75) is 6.92 Å². The highest BCUT2D eigenvalue weighted by molar-refractivity contribution is 7.25. The van der Waals surface area contributed by atoms with Crippen LogP contribution < -0.4 is 10.9 Å². The second kappa shape index (κ2) is 7.09. The molecule has 1 N–H and O–H groups in total. The minimum atomic E-state index is -0.0638. The van der Waals surface area contributed by atoms with Crippen LogP contribution in [-0.4, -0.2) is 46.6 Å². The number of nitrogens with zero attached hydrogens (tertiary/aromatic N) is 4. The number of benzene rings is 1. The molecule has 0 aliphatic heterocycles. The molecule has 27 heavy (non-hydrogen) atoms. The number of anilines is 1. The molecule has 0 saturated heterocycles. The fourth-order valence-electron chi connectivity index (χ4n) is 3.00. The first kappa shape index (κ1) is 17.6. The predicted octanol–water partition coefficient (Wildman–Crippen LogP) is 3.28. The molecule has 0 radical (unpaired) electrons. The quantitative estimate of drug-likeness (QED) is 0.577. The number of hydrogen-bond donors (Lipinski definition) is 1. The lowest BCUT2D eigenvalue weighted by Crippen LogP contribution is -2.20. The van der Waals surface area contributed by atoms with Gasteiger partial charge in [0.2, 0.25) is 0 Å². The van der Waals surface area contributed by atoms with Gasteiger partial charge in [0.15, 0.2) is 0 Å². The summed E-state index contributed by atoms with van der Waals surface area (Å²) in [5, 5.41) is 4.37. The lowest BCUT2D eigenvalue weighted by molar-refractivity contribution is 0.425. The molecule has 0 fully saturated rings. The summed E-state index contributed by atoms with van der Waals surface area (Å²) in [4.78, 5) is 25.1. The van der Waals surface area contributed by atoms with Crippen molar-refractivity contribution in [1.29, 1.82) is 0 Å². The summed E-state index contributed by atoms with van der Waals surface area (Å²) in [6.07, 6.45) is 3.38. The van der Waals surface area contributed by atoms with E-state index in [1.54, 1.807) is 17.1 Å². The fraction of sp³-hybridized carbons (Fsp3) is 0.250. The molecule has 0 atom stereocenters. The Balaban J connectivity index is 1.83. The van der Waals surface area contributed by atoms with Gasteiger partial charge in [0.25, 0.3) is 5.56 Å². The van der Waals surface area contributed by atoms with Crippen LogP contribution in [0, 0.1) is 6.92 Å². The second-order valence-corrected chi connectivity index (χ2v) is 7.80. The normalized spacial score (nSPS) is 11.6. The predicted molar refractivity (Wildman–Crippen MR) is 112 cm³/mol. The van der Waals surface area contributed by atoms with Gasteiger partial charge in [-0.2, -0.15) is 0 Å². The summed E-state index contributed by atoms with van der Waals surface area (Å²) in [5.74, 6) is 0. The maximum Gasteiger partial charge on any atom is 0.275 e. The van der Waals surface area contributed by atoms with Gasteiger partial charge in [0.1, 0.15) is 15.9 Å². The number of thiophene rings is 1. The molecule has 0 amide bonds. The molecule has 7 heteroatoms. The Labute approximate surface area is 161 Å². The van der Waals surface area contributed by atoms with Crippen molar-refractivity contribution < 1.29 is 0 Å². The van der Waals surface area contributed by atoms with Crippen molar-refractivity contribution in [2.24, 2.45) is 0 Å². The van der Waals surface area contributed by atoms with Gasteiger partial charge in [-0.05, 0) is 39.2 Å². The molecular weight excluding hydrogens is 358 g/mol. The minimum Gasteiger partial charge on any atom is -0.383 e. The van der Waals surface area contributed by atoms with Crippen LogP contribution in [0.3, 0.4) is 0 Å². The summed E-state index contributed by atoms with van der Waals surface area (Å²) in [6.45, 7) is 3.75. The van der Waals surface area contributed by atoms with Crippen LogP contribution in [0.1, 0.15) is 5.56 Å². The molecule has 0 aliphatic rings. The molecule has 4 aromatic rings. The average molecular weight is 379 g/mol. The van der Waals surface area contributed by atoms with Crippen LogP contribution in [0.25, 0.3) is 26.1 Å². The maximum absolute atomic E-state index is 13.1. The summed E-state index contributed by atoms with van der Waals surface area (Å²) in [5.41, 5.74) is 3.58. The minimum absolute atomic E-state index is 0.0638. The van der Waals surface area contributed by atoms with E-state index in [-0.39, 0.29) is 5.56 Å². The van der Waals surface area contributed by atoms with Crippen LogP contribution in [0.5, 0.6) is 0 Å². The van der Waals surface area contributed by atoms with E-state index < -0.39 is 0 Å². The zero-order chi connectivity index (χ0) is 19.0. The van der Waals surface area contributed by atoms with E-state index >= 15 is 0 Å². The van der Waals surface area contributed by atoms with Crippen molar-refractivity contribution in [3.8, 4) is 5.69 Å². The molecule has 0 bridgehead atoms. The molecule has 0 aliphatic carbocycles. The van der Waals surface area contributed by atoms with E-state index in [1.165, 1.54) is 11.3 Å². The number of nitrogens with one attached hydrogen (secondary N) is 1. The first-order valence-electron chi connectivity index (χ1n) is 8.79. The number of aryl methyl sites for hydroxylation is 1. The van der Waals surface area contributed by atoms with Crippen molar-refractivity contribution in [2.75, 3.05) is 32.5 Å². The van der Waals surface area contributed by atoms with Crippen LogP contribution >= 0.6 is 11.3 Å². The van der Waals surface area contributed by atoms with Gasteiger partial charge in [-0.3, -0.25) is 9.36 Å². The van der Waals surface area contributed by atoms with E-state index in [9.17, 15) is 4.79 Å². The van der Waals surface area contributed by atoms with Gasteiger partial charge in [-0.25, -0.2) is 9.97 Å². The van der Waals surface area contributed by atoms with Crippen molar-refractivity contribution in [1.82, 2.24) is 19.4 Å². The molecule has 138 valence electrons. The SMILES string of the molecule is Cc1ccc(-n2cnc3c(sc4nccc(NCCN(C)C)c43)c2=O)cc1. The fourth-order valence-corrected chi connectivity index (χ4v) is 4.06. The average Bonchev–Trinajstić information content (AvgIpc) is 3.03. The van der Waals surface area contributed by atoms with Gasteiger partial charge >= 0.3 is 0 Å². The van der Waals surface area contributed by atoms with Gasteiger partial charge in [0, 0.05) is 25.0 Å². The van der Waals surface area contributed by atoms with E-state index in [1.807, 2.05) is 51.4 Å². The third-order valence-corrected chi connectivity index (χ3v) is 5.54. The largest absolute Gasteiger partial charge is 0.383 e. The van der Waals surface area contributed by atoms with Gasteiger partial charge in [-0.15, -0.1) is 11.3 Å². The van der Waals surface area contributed by atoms with Crippen LogP contribution in [0.4, 0.5) is 5.69 Å². The zero-order valence-electron chi connectivity index (χ0n) is 15.6. The van der Waals surface area contributed by atoms with Gasteiger partial charge < -0.3 is 10.2 Å². The Hall–Kier alpha value is -2.77. The lowest BCUT2D eigenvalue weighted by Gasteiger charge is -2.12. The number of pyridine rings is 1. The number of rotatable bonds is 5. The van der Waals surface area contributed by atoms with Crippen molar-refractivity contribution in [3.05, 3.63) is 58.8 Å². The topological polar surface area (TPSA) is 63.1 Å². The Bertz CT molecular complexity index is 1160. The van der Waals surface area contributed by atoms with Crippen LogP contribution in [0.15, 0.2) is 47.7 Å². The molecule has 4 rings (SSSR count). The molecule has 1 aromatic carbocycles. The first-order chi connectivity index (χ1) is 13.0. The van der Waals surface area contributed by atoms with E-state index in [0.29, 0.717) is 10.2 Å². The zero-order valence-corrected chi connectivity index (χ0v) is 16.4. The number of hydrogen-bond acceptors (Lipinski definition) is 6. The third kappa shape index (κ3) is 3.31. The van der Waals surface area contributed by atoms with E-state index in [4.69, 9.17) is 0 Å². The summed E-state index contributed by atoms with van der Waals surface area (Å²) in [6, 6.07) is 9.79. The molecule has 0 spiro atoms. The Morgan fingerprint density at radius 3 is 2.67 bits per heavy atom. The first-order valence-corrected chi connectivity index (χ1v) is 9.61. The standard InChI is InChI=1S/C20H21N5OS/c1-13-4-6-14(7-5-13)25-12-23-17-16-15(21-10-11-24(2)3)8-9-22-19(16)27-18(17)20(25)26/h4-9,12H,10-11H2,1-3H3,(H,21,22). The number of likely N-dealkylation sites (N-methyl/N-ethyl adjacent to an activating group) is 1. The highest BCUT2D eigenvalue weighted by atomic mass is 32.1. The summed E-state index contributed by atoms with van der Waals surface area (Å²) >= 11 is 1.40. The highest BCUT2D eigenvalue weighted by Gasteiger charge is 2.16. The van der Waals surface area contributed by atoms with E-state index in [2.05, 4.69) is 20.2 Å². The monoisotopic (exact) mass is 379 g/mol. The Morgan fingerprint density at radius 1 is 1.15 bits per heavy atom. The molecular formula is C20H21N5OS. The lowest BCUT2D eigenvalue weighted by atomic mass is 10.2. The van der Waals surface area contributed by atoms with Crippen LogP contribution in [0.2, 0.25) is 0 Å². The smallest absolute Gasteiger partial charge is 0.275 e. The maximum atomic E-state index is 13.1. The third-order valence-electron chi connectivity index (χ3n) is 4.47. The number of aromatic nitrogens is 3. The molecule has 6 nitrogen and oxygen atoms in total. The van der Waals surface area contributed by atoms with Crippen LogP contribution in [-0.2, 0) is 0 Å².